The predicted octanol–water partition coefficient (Wildman–Crippen LogP) is 12.1. The fourth-order valence-corrected chi connectivity index (χ4v) is 8.11. The van der Waals surface area contributed by atoms with Gasteiger partial charge >= 0.3 is 0 Å². The van der Waals surface area contributed by atoms with Crippen LogP contribution in [-0.2, 0) is 13.5 Å². The Morgan fingerprint density at radius 1 is 0.717 bits per heavy atom. The molecule has 0 fully saturated rings. The van der Waals surface area contributed by atoms with Gasteiger partial charge in [0.05, 0.1) is 27.3 Å². The van der Waals surface area contributed by atoms with Crippen LogP contribution in [0.15, 0.2) is 60.8 Å². The molecule has 4 aromatic carbocycles. The Hall–Kier alpha value is -3.91. The third kappa shape index (κ3) is 4.62. The van der Waals surface area contributed by atoms with Crippen LogP contribution in [0.5, 0.6) is 0 Å². The van der Waals surface area contributed by atoms with Gasteiger partial charge in [-0.2, -0.15) is 0 Å². The highest BCUT2D eigenvalue weighted by atomic mass is 15.0. The first-order valence-corrected chi connectivity index (χ1v) is 17.4. The fourth-order valence-electron chi connectivity index (χ4n) is 8.11. The van der Waals surface area contributed by atoms with Crippen LogP contribution in [0, 0.1) is 19.3 Å². The minimum atomic E-state index is 0.232. The summed E-state index contributed by atoms with van der Waals surface area (Å²) in [6, 6.07) is 22.0. The highest BCUT2D eigenvalue weighted by Gasteiger charge is 2.27. The number of hydrogen-bond acceptors (Lipinski definition) is 0. The first kappa shape index (κ1) is 30.7. The Kier molecular flexibility index (Phi) is 7.05. The molecule has 236 valence electrons. The zero-order valence-electron chi connectivity index (χ0n) is 30.1. The fraction of sp³-hybridized carbons (Fsp3) is 0.386. The number of fused-ring (bicyclic) bond motifs is 5. The lowest BCUT2D eigenvalue weighted by atomic mass is 9.81. The molecular formula is C44H51N2+. The molecule has 2 nitrogen and oxygen atoms in total. The number of nitrogens with zero attached hydrogens (tertiary/aromatic N) is 2. The van der Waals surface area contributed by atoms with Crippen molar-refractivity contribution in [3.63, 3.8) is 0 Å². The SMILES string of the molecule is Cc1cc2c3cc(CC(C)(C)C)ccc3n3c4cc(-c5c(C(C)C)cc(C(C)C)cc5C(C)C)cc5cc[n+](C)c(c(c1C)c23)c54. The molecule has 0 N–H and O–H groups in total. The van der Waals surface area contributed by atoms with Gasteiger partial charge in [-0.25, -0.2) is 4.57 Å². The standard InChI is InChI=1S/C44H51N2/c1-24(2)31-20-33(25(3)4)40(34(21-31)26(5)6)32-19-30-15-16-45(12)43-39-28(8)27(7)17-36-35-18-29(23-44(9,10)11)13-14-37(35)46(42(36)39)38(22-32)41(30)43/h13-22,24-26H,23H2,1-12H3/q+1. The summed E-state index contributed by atoms with van der Waals surface area (Å²) in [5.74, 6) is 1.35. The summed E-state index contributed by atoms with van der Waals surface area (Å²) in [4.78, 5) is 0. The van der Waals surface area contributed by atoms with Gasteiger partial charge in [0.2, 0.25) is 5.52 Å². The van der Waals surface area contributed by atoms with Gasteiger partial charge < -0.3 is 4.40 Å². The second kappa shape index (κ2) is 10.6. The van der Waals surface area contributed by atoms with E-state index in [1.165, 1.54) is 93.5 Å². The quantitative estimate of drug-likeness (QED) is 0.104. The maximum Gasteiger partial charge on any atom is 0.224 e. The van der Waals surface area contributed by atoms with E-state index in [0.717, 1.165) is 6.42 Å². The molecule has 0 unspecified atom stereocenters. The molecule has 0 aliphatic rings. The minimum absolute atomic E-state index is 0.232. The molecule has 0 atom stereocenters. The van der Waals surface area contributed by atoms with Crippen LogP contribution < -0.4 is 4.57 Å². The third-order valence-electron chi connectivity index (χ3n) is 10.5. The van der Waals surface area contributed by atoms with Crippen LogP contribution in [0.4, 0.5) is 0 Å². The highest BCUT2D eigenvalue weighted by Crippen LogP contribution is 2.45. The molecule has 7 aromatic rings. The monoisotopic (exact) mass is 607 g/mol. The van der Waals surface area contributed by atoms with Gasteiger partial charge in [-0.1, -0.05) is 80.5 Å². The van der Waals surface area contributed by atoms with Gasteiger partial charge in [-0.15, -0.1) is 0 Å². The Bertz CT molecular complexity index is 2290. The van der Waals surface area contributed by atoms with Crippen molar-refractivity contribution >= 4 is 49.0 Å². The van der Waals surface area contributed by atoms with E-state index in [4.69, 9.17) is 0 Å². The normalized spacial score (nSPS) is 13.0. The molecule has 0 saturated heterocycles. The summed E-state index contributed by atoms with van der Waals surface area (Å²) < 4.78 is 4.97. The number of benzene rings is 4. The van der Waals surface area contributed by atoms with Crippen molar-refractivity contribution in [2.45, 2.75) is 100 Å². The number of pyridine rings is 2. The summed E-state index contributed by atoms with van der Waals surface area (Å²) in [7, 11) is 2.22. The molecule has 0 aliphatic heterocycles. The van der Waals surface area contributed by atoms with Crippen LogP contribution >= 0.6 is 0 Å². The van der Waals surface area contributed by atoms with E-state index in [1.54, 1.807) is 0 Å². The third-order valence-corrected chi connectivity index (χ3v) is 10.5. The molecule has 46 heavy (non-hydrogen) atoms. The number of aryl methyl sites for hydroxylation is 3. The maximum absolute atomic E-state index is 2.61. The van der Waals surface area contributed by atoms with Crippen LogP contribution in [0.2, 0.25) is 0 Å². The van der Waals surface area contributed by atoms with Crippen LogP contribution in [-0.4, -0.2) is 4.40 Å². The van der Waals surface area contributed by atoms with Crippen LogP contribution in [0.25, 0.3) is 60.1 Å². The van der Waals surface area contributed by atoms with Crippen molar-refractivity contribution in [3.8, 4) is 11.1 Å². The molecule has 3 aromatic heterocycles. The molecule has 0 saturated carbocycles. The molecule has 2 heteroatoms. The van der Waals surface area contributed by atoms with Gasteiger partial charge in [0.15, 0.2) is 6.20 Å². The first-order valence-electron chi connectivity index (χ1n) is 17.4. The lowest BCUT2D eigenvalue weighted by Crippen LogP contribution is -2.29. The van der Waals surface area contributed by atoms with Crippen LogP contribution in [0.3, 0.4) is 0 Å². The van der Waals surface area contributed by atoms with E-state index in [-0.39, 0.29) is 5.41 Å². The maximum atomic E-state index is 2.61. The average Bonchev–Trinajstić information content (AvgIpc) is 3.29. The van der Waals surface area contributed by atoms with Gasteiger partial charge in [-0.3, -0.25) is 0 Å². The number of aromatic nitrogens is 2. The zero-order chi connectivity index (χ0) is 33.0. The van der Waals surface area contributed by atoms with Crippen molar-refractivity contribution < 1.29 is 4.57 Å². The molecule has 0 spiro atoms. The highest BCUT2D eigenvalue weighted by molar-refractivity contribution is 6.26. The molecule has 7 rings (SSSR count). The molecule has 0 bridgehead atoms. The molecule has 0 amide bonds. The van der Waals surface area contributed by atoms with Crippen molar-refractivity contribution in [3.05, 3.63) is 94.2 Å². The van der Waals surface area contributed by atoms with Gasteiger partial charge in [0, 0.05) is 16.8 Å². The minimum Gasteiger partial charge on any atom is -0.307 e. The lowest BCUT2D eigenvalue weighted by molar-refractivity contribution is -0.643. The molecule has 0 aliphatic carbocycles. The van der Waals surface area contributed by atoms with Crippen molar-refractivity contribution in [1.82, 2.24) is 4.40 Å². The van der Waals surface area contributed by atoms with E-state index in [0.29, 0.717) is 17.8 Å². The van der Waals surface area contributed by atoms with E-state index in [2.05, 4.69) is 153 Å². The predicted molar refractivity (Wildman–Crippen MR) is 200 cm³/mol. The van der Waals surface area contributed by atoms with Crippen LogP contribution in [0.1, 0.15) is 113 Å². The number of rotatable bonds is 5. The largest absolute Gasteiger partial charge is 0.307 e. The van der Waals surface area contributed by atoms with Crippen molar-refractivity contribution in [2.75, 3.05) is 0 Å². The van der Waals surface area contributed by atoms with Gasteiger partial charge in [0.1, 0.15) is 7.05 Å². The summed E-state index contributed by atoms with van der Waals surface area (Å²) in [5.41, 5.74) is 16.8. The molecule has 3 heterocycles. The Labute approximate surface area is 275 Å². The summed E-state index contributed by atoms with van der Waals surface area (Å²) >= 11 is 0. The second-order valence-corrected chi connectivity index (χ2v) is 16.3. The topological polar surface area (TPSA) is 8.29 Å². The zero-order valence-corrected chi connectivity index (χ0v) is 30.1. The van der Waals surface area contributed by atoms with E-state index >= 15 is 0 Å². The van der Waals surface area contributed by atoms with Gasteiger partial charge in [-0.05, 0) is 124 Å². The van der Waals surface area contributed by atoms with E-state index in [1.807, 2.05) is 0 Å². The molecular weight excluding hydrogens is 556 g/mol. The van der Waals surface area contributed by atoms with Crippen molar-refractivity contribution in [1.29, 1.82) is 0 Å². The second-order valence-electron chi connectivity index (χ2n) is 16.3. The Morgan fingerprint density at radius 2 is 1.39 bits per heavy atom. The summed E-state index contributed by atoms with van der Waals surface area (Å²) in [5, 5.41) is 6.77. The summed E-state index contributed by atoms with van der Waals surface area (Å²) in [6.45, 7) is 25.7. The van der Waals surface area contributed by atoms with Gasteiger partial charge in [0.25, 0.3) is 0 Å². The smallest absolute Gasteiger partial charge is 0.224 e. The summed E-state index contributed by atoms with van der Waals surface area (Å²) in [6.07, 6.45) is 3.33. The Morgan fingerprint density at radius 3 is 2.00 bits per heavy atom. The average molecular weight is 608 g/mol. The van der Waals surface area contributed by atoms with Crippen molar-refractivity contribution in [2.24, 2.45) is 12.5 Å². The van der Waals surface area contributed by atoms with E-state index in [9.17, 15) is 0 Å². The number of hydrogen-bond donors (Lipinski definition) is 0. The van der Waals surface area contributed by atoms with E-state index < -0.39 is 0 Å². The lowest BCUT2D eigenvalue weighted by Gasteiger charge is -2.24. The first-order chi connectivity index (χ1) is 21.7. The Balaban J connectivity index is 1.70. The molecule has 0 radical (unpaired) electrons.